The molecular formula is C25H24F3N3O2. The fourth-order valence-corrected chi connectivity index (χ4v) is 4.87. The lowest BCUT2D eigenvalue weighted by Gasteiger charge is -2.45. The summed E-state index contributed by atoms with van der Waals surface area (Å²) >= 11 is 0. The third-order valence-electron chi connectivity index (χ3n) is 6.54. The second-order valence-corrected chi connectivity index (χ2v) is 8.49. The fraction of sp³-hybridized carbons (Fsp3) is 0.320. The van der Waals surface area contributed by atoms with Gasteiger partial charge in [-0.3, -0.25) is 4.79 Å². The Morgan fingerprint density at radius 1 is 0.879 bits per heavy atom. The largest absolute Gasteiger partial charge is 0.457 e. The molecule has 1 spiro atoms. The molecule has 1 aromatic heterocycles. The Labute approximate surface area is 189 Å². The van der Waals surface area contributed by atoms with Gasteiger partial charge in [0.15, 0.2) is 0 Å². The minimum Gasteiger partial charge on any atom is -0.457 e. The number of nitrogens with zero attached hydrogens (tertiary/aromatic N) is 2. The summed E-state index contributed by atoms with van der Waals surface area (Å²) in [5, 5.41) is 3.44. The summed E-state index contributed by atoms with van der Waals surface area (Å²) in [6.07, 6.45) is -3.24. The van der Waals surface area contributed by atoms with Crippen LogP contribution in [0.1, 0.15) is 34.6 Å². The summed E-state index contributed by atoms with van der Waals surface area (Å²) in [7, 11) is 0. The number of carbonyl (C=O) groups is 1. The summed E-state index contributed by atoms with van der Waals surface area (Å²) in [4.78, 5) is 14.8. The van der Waals surface area contributed by atoms with Crippen molar-refractivity contribution in [3.05, 3.63) is 83.7 Å². The monoisotopic (exact) mass is 455 g/mol. The van der Waals surface area contributed by atoms with Crippen molar-refractivity contribution >= 4 is 5.91 Å². The van der Waals surface area contributed by atoms with Gasteiger partial charge < -0.3 is 19.5 Å². The van der Waals surface area contributed by atoms with Gasteiger partial charge in [-0.2, -0.15) is 13.2 Å². The second kappa shape index (κ2) is 8.26. The molecule has 1 N–H and O–H groups in total. The van der Waals surface area contributed by atoms with Gasteiger partial charge in [-0.05, 0) is 61.4 Å². The van der Waals surface area contributed by atoms with Crippen molar-refractivity contribution in [2.24, 2.45) is 0 Å². The maximum atomic E-state index is 13.4. The molecule has 3 aromatic rings. The zero-order valence-corrected chi connectivity index (χ0v) is 17.9. The van der Waals surface area contributed by atoms with E-state index in [1.54, 1.807) is 35.2 Å². The zero-order valence-electron chi connectivity index (χ0n) is 17.9. The van der Waals surface area contributed by atoms with Crippen LogP contribution in [0.25, 0.3) is 0 Å². The Kier molecular flexibility index (Phi) is 5.40. The molecule has 3 heterocycles. The van der Waals surface area contributed by atoms with Crippen molar-refractivity contribution in [2.45, 2.75) is 31.1 Å². The zero-order chi connectivity index (χ0) is 23.1. The van der Waals surface area contributed by atoms with E-state index in [0.29, 0.717) is 56.0 Å². The number of alkyl halides is 3. The number of carbonyl (C=O) groups excluding carboxylic acids is 1. The maximum absolute atomic E-state index is 13.4. The van der Waals surface area contributed by atoms with Crippen molar-refractivity contribution in [3.63, 3.8) is 0 Å². The lowest BCUT2D eigenvalue weighted by molar-refractivity contribution is -0.144. The molecule has 5 nitrogen and oxygen atoms in total. The van der Waals surface area contributed by atoms with Gasteiger partial charge in [-0.25, -0.2) is 0 Å². The third-order valence-corrected chi connectivity index (χ3v) is 6.54. The Morgan fingerprint density at radius 3 is 2.21 bits per heavy atom. The van der Waals surface area contributed by atoms with E-state index < -0.39 is 17.4 Å². The number of nitrogens with one attached hydrogen (secondary N) is 1. The number of piperidine rings is 1. The van der Waals surface area contributed by atoms with E-state index >= 15 is 0 Å². The molecule has 2 aliphatic heterocycles. The second-order valence-electron chi connectivity index (χ2n) is 8.49. The molecule has 8 heteroatoms. The Hall–Kier alpha value is -3.26. The summed E-state index contributed by atoms with van der Waals surface area (Å²) in [6, 6.07) is 19.2. The number of hydrogen-bond donors (Lipinski definition) is 1. The van der Waals surface area contributed by atoms with Gasteiger partial charge in [0.25, 0.3) is 5.91 Å². The Bertz CT molecular complexity index is 1130. The number of rotatable bonds is 3. The number of amides is 1. The number of ether oxygens (including phenoxy) is 1. The number of hydrogen-bond acceptors (Lipinski definition) is 3. The SMILES string of the molecule is O=C(c1ccc(Oc2ccccc2)cc1)N1CCC2(CC1)NCCn1c(C(F)(F)F)ccc12. The highest BCUT2D eigenvalue weighted by atomic mass is 19.4. The van der Waals surface area contributed by atoms with Crippen LogP contribution in [0, 0.1) is 0 Å². The highest BCUT2D eigenvalue weighted by Gasteiger charge is 2.44. The average molecular weight is 455 g/mol. The van der Waals surface area contributed by atoms with Crippen molar-refractivity contribution in [2.75, 3.05) is 19.6 Å². The summed E-state index contributed by atoms with van der Waals surface area (Å²) in [6.45, 7) is 1.71. The summed E-state index contributed by atoms with van der Waals surface area (Å²) < 4.78 is 47.3. The minimum atomic E-state index is -4.37. The number of likely N-dealkylation sites (tertiary alicyclic amines) is 1. The van der Waals surface area contributed by atoms with Crippen LogP contribution in [-0.4, -0.2) is 35.0 Å². The molecule has 5 rings (SSSR count). The van der Waals surface area contributed by atoms with Gasteiger partial charge >= 0.3 is 6.18 Å². The van der Waals surface area contributed by atoms with Gasteiger partial charge in [-0.15, -0.1) is 0 Å². The summed E-state index contributed by atoms with van der Waals surface area (Å²) in [5.74, 6) is 1.28. The molecule has 0 radical (unpaired) electrons. The molecule has 1 amide bonds. The quantitative estimate of drug-likeness (QED) is 0.602. The lowest BCUT2D eigenvalue weighted by Crippen LogP contribution is -2.56. The van der Waals surface area contributed by atoms with E-state index in [-0.39, 0.29) is 5.91 Å². The molecular weight excluding hydrogens is 431 g/mol. The standard InChI is InChI=1S/C25H24F3N3O2/c26-25(27,28)22-11-10-21-24(29-14-17-31(21)22)12-15-30(16-13-24)23(32)18-6-8-20(9-7-18)33-19-4-2-1-3-5-19/h1-11,29H,12-17H2. The molecule has 33 heavy (non-hydrogen) atoms. The number of fused-ring (bicyclic) bond motifs is 2. The lowest BCUT2D eigenvalue weighted by atomic mass is 9.83. The minimum absolute atomic E-state index is 0.0849. The van der Waals surface area contributed by atoms with Gasteiger partial charge in [0.1, 0.15) is 17.2 Å². The smallest absolute Gasteiger partial charge is 0.431 e. The Morgan fingerprint density at radius 2 is 1.55 bits per heavy atom. The first-order valence-corrected chi connectivity index (χ1v) is 11.0. The fourth-order valence-electron chi connectivity index (χ4n) is 4.87. The molecule has 0 saturated carbocycles. The molecule has 172 valence electrons. The van der Waals surface area contributed by atoms with E-state index in [2.05, 4.69) is 5.32 Å². The van der Waals surface area contributed by atoms with Crippen LogP contribution in [0.5, 0.6) is 11.5 Å². The normalized spacial score (nSPS) is 17.6. The van der Waals surface area contributed by atoms with Crippen molar-refractivity contribution in [1.29, 1.82) is 0 Å². The average Bonchev–Trinajstić information content (AvgIpc) is 3.27. The van der Waals surface area contributed by atoms with Crippen LogP contribution < -0.4 is 10.1 Å². The molecule has 1 fully saturated rings. The van der Waals surface area contributed by atoms with Crippen molar-refractivity contribution in [1.82, 2.24) is 14.8 Å². The third kappa shape index (κ3) is 4.11. The van der Waals surface area contributed by atoms with E-state index in [0.717, 1.165) is 5.75 Å². The number of aromatic nitrogens is 1. The topological polar surface area (TPSA) is 46.5 Å². The maximum Gasteiger partial charge on any atom is 0.431 e. The first kappa shape index (κ1) is 21.6. The molecule has 0 bridgehead atoms. The van der Waals surface area contributed by atoms with Crippen LogP contribution in [0.15, 0.2) is 66.7 Å². The number of halogens is 3. The number of benzene rings is 2. The highest BCUT2D eigenvalue weighted by molar-refractivity contribution is 5.94. The van der Waals surface area contributed by atoms with Crippen LogP contribution in [-0.2, 0) is 18.3 Å². The van der Waals surface area contributed by atoms with Gasteiger partial charge in [0, 0.05) is 37.4 Å². The molecule has 2 aromatic carbocycles. The molecule has 2 aliphatic rings. The predicted molar refractivity (Wildman–Crippen MR) is 117 cm³/mol. The van der Waals surface area contributed by atoms with Crippen molar-refractivity contribution < 1.29 is 22.7 Å². The van der Waals surface area contributed by atoms with Crippen LogP contribution in [0.3, 0.4) is 0 Å². The van der Waals surface area contributed by atoms with Gasteiger partial charge in [-0.1, -0.05) is 18.2 Å². The first-order valence-electron chi connectivity index (χ1n) is 11.0. The van der Waals surface area contributed by atoms with E-state index in [1.165, 1.54) is 10.6 Å². The van der Waals surface area contributed by atoms with Gasteiger partial charge in [0.2, 0.25) is 0 Å². The molecule has 1 saturated heterocycles. The molecule has 0 aliphatic carbocycles. The predicted octanol–water partition coefficient (Wildman–Crippen LogP) is 5.03. The highest BCUT2D eigenvalue weighted by Crippen LogP contribution is 2.40. The van der Waals surface area contributed by atoms with E-state index in [1.807, 2.05) is 30.3 Å². The summed E-state index contributed by atoms with van der Waals surface area (Å²) in [5.41, 5.74) is 0.0855. The van der Waals surface area contributed by atoms with E-state index in [9.17, 15) is 18.0 Å². The van der Waals surface area contributed by atoms with Gasteiger partial charge in [0.05, 0.1) is 5.54 Å². The van der Waals surface area contributed by atoms with Crippen LogP contribution in [0.2, 0.25) is 0 Å². The first-order chi connectivity index (χ1) is 15.9. The van der Waals surface area contributed by atoms with Crippen LogP contribution >= 0.6 is 0 Å². The molecule has 0 atom stereocenters. The molecule has 0 unspecified atom stereocenters. The van der Waals surface area contributed by atoms with E-state index in [4.69, 9.17) is 4.74 Å². The van der Waals surface area contributed by atoms with Crippen molar-refractivity contribution in [3.8, 4) is 11.5 Å². The Balaban J connectivity index is 1.26. The van der Waals surface area contributed by atoms with Crippen LogP contribution in [0.4, 0.5) is 13.2 Å². The number of para-hydroxylation sites is 1.